The number of hydrogen-bond donors (Lipinski definition) is 0. The molecule has 0 unspecified atom stereocenters. The fraction of sp³-hybridized carbons (Fsp3) is 0.167. The normalized spacial score (nSPS) is 11.2. The third-order valence-electron chi connectivity index (χ3n) is 0.931. The average molecular weight is 196 g/mol. The molecule has 0 spiro atoms. The number of halogens is 3. The number of esters is 1. The van der Waals surface area contributed by atoms with Crippen molar-refractivity contribution in [2.45, 2.75) is 6.36 Å². The van der Waals surface area contributed by atoms with Crippen LogP contribution >= 0.6 is 11.3 Å². The first-order chi connectivity index (χ1) is 5.49. The van der Waals surface area contributed by atoms with Gasteiger partial charge >= 0.3 is 12.3 Å². The van der Waals surface area contributed by atoms with Crippen molar-refractivity contribution in [1.29, 1.82) is 0 Å². The van der Waals surface area contributed by atoms with Gasteiger partial charge in [0, 0.05) is 0 Å². The number of carbonyl (C=O) groups excluding carboxylic acids is 1. The van der Waals surface area contributed by atoms with E-state index in [1.165, 1.54) is 17.5 Å². The van der Waals surface area contributed by atoms with E-state index < -0.39 is 12.3 Å². The highest BCUT2D eigenvalue weighted by atomic mass is 32.1. The molecule has 66 valence electrons. The number of rotatable bonds is 1. The first-order valence-corrected chi connectivity index (χ1v) is 3.70. The molecule has 2 nitrogen and oxygen atoms in total. The summed E-state index contributed by atoms with van der Waals surface area (Å²) in [7, 11) is 0. The topological polar surface area (TPSA) is 26.3 Å². The molecule has 0 fully saturated rings. The maximum absolute atomic E-state index is 11.5. The Morgan fingerprint density at radius 1 is 1.50 bits per heavy atom. The molecule has 1 aromatic rings. The standard InChI is InChI=1S/C6H3F3O2S/c7-6(8,9)11-5(10)4-2-1-3-12-4/h1-3H. The average Bonchev–Trinajstić information content (AvgIpc) is 2.32. The van der Waals surface area contributed by atoms with Crippen LogP contribution in [0.1, 0.15) is 9.67 Å². The summed E-state index contributed by atoms with van der Waals surface area (Å²) >= 11 is 0.897. The lowest BCUT2D eigenvalue weighted by Gasteiger charge is -2.04. The summed E-state index contributed by atoms with van der Waals surface area (Å²) in [6, 6.07) is 2.73. The van der Waals surface area contributed by atoms with Crippen molar-refractivity contribution < 1.29 is 22.7 Å². The van der Waals surface area contributed by atoms with E-state index in [0.29, 0.717) is 0 Å². The van der Waals surface area contributed by atoms with Crippen molar-refractivity contribution >= 4 is 17.3 Å². The van der Waals surface area contributed by atoms with Gasteiger partial charge in [0.25, 0.3) is 0 Å². The summed E-state index contributed by atoms with van der Waals surface area (Å²) < 4.78 is 37.5. The van der Waals surface area contributed by atoms with Crippen LogP contribution in [0.5, 0.6) is 0 Å². The Morgan fingerprint density at radius 2 is 2.17 bits per heavy atom. The Hall–Kier alpha value is -1.04. The lowest BCUT2D eigenvalue weighted by atomic mass is 10.5. The SMILES string of the molecule is O=C(OC(F)(F)F)c1cccs1. The van der Waals surface area contributed by atoms with E-state index in [9.17, 15) is 18.0 Å². The Bertz CT molecular complexity index is 265. The molecule has 0 aliphatic carbocycles. The van der Waals surface area contributed by atoms with Crippen LogP contribution in [0.15, 0.2) is 17.5 Å². The van der Waals surface area contributed by atoms with Crippen LogP contribution in [-0.4, -0.2) is 12.3 Å². The van der Waals surface area contributed by atoms with Crippen LogP contribution in [0, 0.1) is 0 Å². The van der Waals surface area contributed by atoms with Gasteiger partial charge < -0.3 is 4.74 Å². The first kappa shape index (κ1) is 9.05. The van der Waals surface area contributed by atoms with Crippen molar-refractivity contribution in [3.05, 3.63) is 22.4 Å². The Balaban J connectivity index is 2.63. The quantitative estimate of drug-likeness (QED) is 0.645. The van der Waals surface area contributed by atoms with Crippen molar-refractivity contribution in [3.63, 3.8) is 0 Å². The van der Waals surface area contributed by atoms with Gasteiger partial charge in [-0.15, -0.1) is 24.5 Å². The number of thiophene rings is 1. The largest absolute Gasteiger partial charge is 0.575 e. The Morgan fingerprint density at radius 3 is 2.58 bits per heavy atom. The molecule has 0 N–H and O–H groups in total. The number of ether oxygens (including phenoxy) is 1. The Kier molecular flexibility index (Phi) is 2.37. The summed E-state index contributed by atoms with van der Waals surface area (Å²) in [5.41, 5.74) is 0. The molecule has 0 aromatic carbocycles. The van der Waals surface area contributed by atoms with Crippen LogP contribution in [0.2, 0.25) is 0 Å². The second-order valence-corrected chi connectivity index (χ2v) is 2.76. The van der Waals surface area contributed by atoms with E-state index in [1.807, 2.05) is 0 Å². The second kappa shape index (κ2) is 3.14. The summed E-state index contributed by atoms with van der Waals surface area (Å²) in [4.78, 5) is 10.5. The molecular weight excluding hydrogens is 193 g/mol. The second-order valence-electron chi connectivity index (χ2n) is 1.81. The third-order valence-corrected chi connectivity index (χ3v) is 1.78. The maximum Gasteiger partial charge on any atom is 0.575 e. The molecule has 0 aliphatic heterocycles. The van der Waals surface area contributed by atoms with Gasteiger partial charge in [-0.05, 0) is 11.4 Å². The fourth-order valence-corrected chi connectivity index (χ4v) is 1.15. The predicted molar refractivity (Wildman–Crippen MR) is 35.8 cm³/mol. The molecular formula is C6H3F3O2S. The number of carbonyl (C=O) groups is 1. The molecule has 1 aromatic heterocycles. The van der Waals surface area contributed by atoms with Crippen LogP contribution in [0.25, 0.3) is 0 Å². The molecule has 1 heterocycles. The van der Waals surface area contributed by atoms with Gasteiger partial charge in [-0.3, -0.25) is 0 Å². The fourth-order valence-electron chi connectivity index (χ4n) is 0.550. The molecule has 0 saturated heterocycles. The van der Waals surface area contributed by atoms with Crippen LogP contribution < -0.4 is 0 Å². The lowest BCUT2D eigenvalue weighted by molar-refractivity contribution is -0.291. The summed E-state index contributed by atoms with van der Waals surface area (Å²) in [5, 5.41) is 1.49. The predicted octanol–water partition coefficient (Wildman–Crippen LogP) is 2.42. The molecule has 6 heteroatoms. The monoisotopic (exact) mass is 196 g/mol. The summed E-state index contributed by atoms with van der Waals surface area (Å²) in [6.45, 7) is 0. The first-order valence-electron chi connectivity index (χ1n) is 2.82. The van der Waals surface area contributed by atoms with Crippen LogP contribution in [0.4, 0.5) is 13.2 Å². The number of hydrogen-bond acceptors (Lipinski definition) is 3. The zero-order valence-electron chi connectivity index (χ0n) is 5.59. The molecule has 12 heavy (non-hydrogen) atoms. The van der Waals surface area contributed by atoms with Crippen molar-refractivity contribution in [2.75, 3.05) is 0 Å². The highest BCUT2D eigenvalue weighted by Gasteiger charge is 2.34. The van der Waals surface area contributed by atoms with Gasteiger partial charge in [0.1, 0.15) is 4.88 Å². The van der Waals surface area contributed by atoms with Crippen LogP contribution in [0.3, 0.4) is 0 Å². The van der Waals surface area contributed by atoms with Gasteiger partial charge in [-0.1, -0.05) is 6.07 Å². The van der Waals surface area contributed by atoms with E-state index in [-0.39, 0.29) is 4.88 Å². The summed E-state index contributed by atoms with van der Waals surface area (Å²) in [5.74, 6) is -1.36. The van der Waals surface area contributed by atoms with Gasteiger partial charge in [-0.25, -0.2) is 4.79 Å². The van der Waals surface area contributed by atoms with Crippen LogP contribution in [-0.2, 0) is 4.74 Å². The van der Waals surface area contributed by atoms with E-state index in [1.54, 1.807) is 0 Å². The molecule has 0 atom stereocenters. The van der Waals surface area contributed by atoms with E-state index >= 15 is 0 Å². The molecule has 0 bridgehead atoms. The van der Waals surface area contributed by atoms with Crippen molar-refractivity contribution in [2.24, 2.45) is 0 Å². The van der Waals surface area contributed by atoms with Gasteiger partial charge in [0.15, 0.2) is 0 Å². The van der Waals surface area contributed by atoms with Crippen molar-refractivity contribution in [3.8, 4) is 0 Å². The lowest BCUT2D eigenvalue weighted by Crippen LogP contribution is -2.18. The maximum atomic E-state index is 11.5. The minimum atomic E-state index is -4.90. The third kappa shape index (κ3) is 2.54. The van der Waals surface area contributed by atoms with Crippen molar-refractivity contribution in [1.82, 2.24) is 0 Å². The highest BCUT2D eigenvalue weighted by Crippen LogP contribution is 2.20. The van der Waals surface area contributed by atoms with Gasteiger partial charge in [0.05, 0.1) is 0 Å². The summed E-state index contributed by atoms with van der Waals surface area (Å²) in [6.07, 6.45) is -4.90. The molecule has 0 amide bonds. The Labute approximate surface area is 69.6 Å². The highest BCUT2D eigenvalue weighted by molar-refractivity contribution is 7.11. The molecule has 0 saturated carbocycles. The smallest absolute Gasteiger partial charge is 0.369 e. The minimum absolute atomic E-state index is 0.0627. The van der Waals surface area contributed by atoms with Gasteiger partial charge in [0.2, 0.25) is 0 Å². The minimum Gasteiger partial charge on any atom is -0.369 e. The zero-order chi connectivity index (χ0) is 9.19. The number of alkyl halides is 3. The van der Waals surface area contributed by atoms with E-state index in [4.69, 9.17) is 0 Å². The molecule has 1 rings (SSSR count). The molecule has 0 aliphatic rings. The van der Waals surface area contributed by atoms with Gasteiger partial charge in [-0.2, -0.15) is 0 Å². The molecule has 0 radical (unpaired) electrons. The zero-order valence-corrected chi connectivity index (χ0v) is 6.41. The van der Waals surface area contributed by atoms with E-state index in [2.05, 4.69) is 4.74 Å². The van der Waals surface area contributed by atoms with E-state index in [0.717, 1.165) is 11.3 Å².